The fourth-order valence-corrected chi connectivity index (χ4v) is 1.05. The molecule has 1 heterocycles. The van der Waals surface area contributed by atoms with Gasteiger partial charge in [0.25, 0.3) is 0 Å². The van der Waals surface area contributed by atoms with E-state index >= 15 is 0 Å². The summed E-state index contributed by atoms with van der Waals surface area (Å²) < 4.78 is 0. The van der Waals surface area contributed by atoms with Crippen molar-refractivity contribution < 1.29 is 5.11 Å². The molecular weight excluding hydrogens is 154 g/mol. The molecule has 12 heavy (non-hydrogen) atoms. The predicted molar refractivity (Wildman–Crippen MR) is 46.7 cm³/mol. The minimum Gasteiger partial charge on any atom is -0.395 e. The highest BCUT2D eigenvalue weighted by Crippen LogP contribution is 2.02. The van der Waals surface area contributed by atoms with Crippen molar-refractivity contribution in [3.63, 3.8) is 0 Å². The van der Waals surface area contributed by atoms with E-state index in [1.165, 1.54) is 0 Å². The lowest BCUT2D eigenvalue weighted by molar-refractivity contribution is 0.216. The number of aliphatic hydroxyl groups excluding tert-OH is 1. The molecule has 0 aromatic carbocycles. The maximum Gasteiger partial charge on any atom is 0.0925 e. The van der Waals surface area contributed by atoms with Gasteiger partial charge in [0.05, 0.1) is 18.6 Å². The molecule has 0 saturated carbocycles. The molecule has 0 saturated heterocycles. The van der Waals surface area contributed by atoms with Crippen LogP contribution in [0.25, 0.3) is 0 Å². The minimum atomic E-state index is 0.194. The van der Waals surface area contributed by atoms with Gasteiger partial charge in [-0.25, -0.2) is 4.98 Å². The van der Waals surface area contributed by atoms with E-state index in [0.717, 1.165) is 17.9 Å². The Hall–Kier alpha value is -0.870. The number of nitrogens with zero attached hydrogens (tertiary/aromatic N) is 2. The van der Waals surface area contributed by atoms with Crippen molar-refractivity contribution in [2.75, 3.05) is 20.2 Å². The van der Waals surface area contributed by atoms with E-state index in [9.17, 15) is 0 Å². The molecule has 1 aromatic heterocycles. The van der Waals surface area contributed by atoms with Crippen molar-refractivity contribution in [2.24, 2.45) is 0 Å². The first-order valence-electron chi connectivity index (χ1n) is 4.02. The molecule has 2 N–H and O–H groups in total. The monoisotopic (exact) mass is 169 g/mol. The van der Waals surface area contributed by atoms with Crippen molar-refractivity contribution >= 4 is 0 Å². The SMILES string of the molecule is Cc1[nH]cnc1CN(C)CCO. The zero-order valence-electron chi connectivity index (χ0n) is 7.54. The number of H-pyrrole nitrogens is 1. The summed E-state index contributed by atoms with van der Waals surface area (Å²) in [6, 6.07) is 0. The summed E-state index contributed by atoms with van der Waals surface area (Å²) in [5.74, 6) is 0. The fourth-order valence-electron chi connectivity index (χ4n) is 1.05. The Morgan fingerprint density at radius 3 is 2.92 bits per heavy atom. The van der Waals surface area contributed by atoms with Crippen molar-refractivity contribution in [1.82, 2.24) is 14.9 Å². The van der Waals surface area contributed by atoms with E-state index in [1.807, 2.05) is 18.9 Å². The zero-order chi connectivity index (χ0) is 8.97. The lowest BCUT2D eigenvalue weighted by Crippen LogP contribution is -2.22. The van der Waals surface area contributed by atoms with Crippen LogP contribution in [0.2, 0.25) is 0 Å². The average Bonchev–Trinajstić information content (AvgIpc) is 2.37. The van der Waals surface area contributed by atoms with Crippen LogP contribution in [-0.4, -0.2) is 40.2 Å². The van der Waals surface area contributed by atoms with Gasteiger partial charge in [-0.15, -0.1) is 0 Å². The smallest absolute Gasteiger partial charge is 0.0925 e. The van der Waals surface area contributed by atoms with E-state index in [2.05, 4.69) is 9.97 Å². The van der Waals surface area contributed by atoms with Gasteiger partial charge >= 0.3 is 0 Å². The van der Waals surface area contributed by atoms with Gasteiger partial charge in [0.1, 0.15) is 0 Å². The molecule has 0 radical (unpaired) electrons. The van der Waals surface area contributed by atoms with Gasteiger partial charge in [0.2, 0.25) is 0 Å². The van der Waals surface area contributed by atoms with E-state index in [1.54, 1.807) is 6.33 Å². The molecule has 0 aliphatic rings. The van der Waals surface area contributed by atoms with Crippen LogP contribution in [0.4, 0.5) is 0 Å². The highest BCUT2D eigenvalue weighted by atomic mass is 16.3. The Morgan fingerprint density at radius 2 is 2.42 bits per heavy atom. The zero-order valence-corrected chi connectivity index (χ0v) is 7.54. The highest BCUT2D eigenvalue weighted by molar-refractivity contribution is 5.07. The molecule has 0 aliphatic carbocycles. The van der Waals surface area contributed by atoms with Gasteiger partial charge in [-0.05, 0) is 14.0 Å². The van der Waals surface area contributed by atoms with Crippen molar-refractivity contribution in [3.8, 4) is 0 Å². The predicted octanol–water partition coefficient (Wildman–Crippen LogP) is 0.142. The number of nitrogens with one attached hydrogen (secondary N) is 1. The quantitative estimate of drug-likeness (QED) is 0.674. The lowest BCUT2D eigenvalue weighted by atomic mass is 10.3. The Labute approximate surface area is 72.2 Å². The lowest BCUT2D eigenvalue weighted by Gasteiger charge is -2.13. The van der Waals surface area contributed by atoms with Crippen LogP contribution in [0.1, 0.15) is 11.4 Å². The van der Waals surface area contributed by atoms with Crippen LogP contribution < -0.4 is 0 Å². The van der Waals surface area contributed by atoms with Gasteiger partial charge in [0.15, 0.2) is 0 Å². The Bertz CT molecular complexity index is 234. The summed E-state index contributed by atoms with van der Waals surface area (Å²) in [5, 5.41) is 8.66. The van der Waals surface area contributed by atoms with Crippen LogP contribution in [0.3, 0.4) is 0 Å². The molecule has 1 rings (SSSR count). The molecular formula is C8H15N3O. The van der Waals surface area contributed by atoms with Crippen LogP contribution in [0.15, 0.2) is 6.33 Å². The van der Waals surface area contributed by atoms with E-state index in [-0.39, 0.29) is 6.61 Å². The molecule has 4 heteroatoms. The van der Waals surface area contributed by atoms with Crippen LogP contribution in [0.5, 0.6) is 0 Å². The van der Waals surface area contributed by atoms with Crippen molar-refractivity contribution in [1.29, 1.82) is 0 Å². The number of rotatable bonds is 4. The Morgan fingerprint density at radius 1 is 1.67 bits per heavy atom. The molecule has 68 valence electrons. The second-order valence-corrected chi connectivity index (χ2v) is 2.94. The maximum absolute atomic E-state index is 8.66. The highest BCUT2D eigenvalue weighted by Gasteiger charge is 2.03. The molecule has 4 nitrogen and oxygen atoms in total. The summed E-state index contributed by atoms with van der Waals surface area (Å²) >= 11 is 0. The van der Waals surface area contributed by atoms with Gasteiger partial charge in [0, 0.05) is 18.8 Å². The molecule has 0 aliphatic heterocycles. The number of aryl methyl sites for hydroxylation is 1. The fraction of sp³-hybridized carbons (Fsp3) is 0.625. The normalized spacial score (nSPS) is 11.0. The minimum absolute atomic E-state index is 0.194. The summed E-state index contributed by atoms with van der Waals surface area (Å²) in [7, 11) is 1.96. The number of aromatic amines is 1. The third-order valence-electron chi connectivity index (χ3n) is 1.84. The largest absolute Gasteiger partial charge is 0.395 e. The molecule has 0 fully saturated rings. The number of aromatic nitrogens is 2. The van der Waals surface area contributed by atoms with Crippen LogP contribution in [-0.2, 0) is 6.54 Å². The molecule has 0 spiro atoms. The molecule has 0 atom stereocenters. The Kier molecular flexibility index (Phi) is 3.25. The maximum atomic E-state index is 8.66. The van der Waals surface area contributed by atoms with Gasteiger partial charge in [-0.2, -0.15) is 0 Å². The number of imidazole rings is 1. The third-order valence-corrected chi connectivity index (χ3v) is 1.84. The first-order valence-corrected chi connectivity index (χ1v) is 4.02. The van der Waals surface area contributed by atoms with Crippen molar-refractivity contribution in [2.45, 2.75) is 13.5 Å². The molecule has 1 aromatic rings. The van der Waals surface area contributed by atoms with E-state index < -0.39 is 0 Å². The third kappa shape index (κ3) is 2.32. The topological polar surface area (TPSA) is 52.2 Å². The van der Waals surface area contributed by atoms with Gasteiger partial charge in [-0.3, -0.25) is 4.90 Å². The summed E-state index contributed by atoms with van der Waals surface area (Å²) in [5.41, 5.74) is 2.14. The Balaban J connectivity index is 2.46. The second-order valence-electron chi connectivity index (χ2n) is 2.94. The van der Waals surface area contributed by atoms with E-state index in [4.69, 9.17) is 5.11 Å². The molecule has 0 amide bonds. The first kappa shape index (κ1) is 9.22. The van der Waals surface area contributed by atoms with Crippen LogP contribution in [0, 0.1) is 6.92 Å². The van der Waals surface area contributed by atoms with Gasteiger partial charge < -0.3 is 10.1 Å². The van der Waals surface area contributed by atoms with E-state index in [0.29, 0.717) is 6.54 Å². The number of likely N-dealkylation sites (N-methyl/N-ethyl adjacent to an activating group) is 1. The summed E-state index contributed by atoms with van der Waals surface area (Å²) in [6.45, 7) is 3.66. The number of hydrogen-bond donors (Lipinski definition) is 2. The van der Waals surface area contributed by atoms with Gasteiger partial charge in [-0.1, -0.05) is 0 Å². The standard InChI is InChI=1S/C8H15N3O/c1-7-8(10-6-9-7)5-11(2)3-4-12/h6,12H,3-5H2,1-2H3,(H,9,10). The molecule has 0 unspecified atom stereocenters. The number of aliphatic hydroxyl groups is 1. The number of hydrogen-bond acceptors (Lipinski definition) is 3. The summed E-state index contributed by atoms with van der Waals surface area (Å²) in [6.07, 6.45) is 1.69. The summed E-state index contributed by atoms with van der Waals surface area (Å²) in [4.78, 5) is 9.21. The average molecular weight is 169 g/mol. The molecule has 0 bridgehead atoms. The van der Waals surface area contributed by atoms with Crippen LogP contribution >= 0.6 is 0 Å². The van der Waals surface area contributed by atoms with Crippen molar-refractivity contribution in [3.05, 3.63) is 17.7 Å². The second kappa shape index (κ2) is 4.23. The first-order chi connectivity index (χ1) is 5.74.